The second kappa shape index (κ2) is 3.80. The second-order valence-corrected chi connectivity index (χ2v) is 8.16. The highest BCUT2D eigenvalue weighted by molar-refractivity contribution is 5.34. The SMILES string of the molecule is Cc1cn2c(n1)NC(C13CC4CC(CC(C4)C1)C3)CC2. The van der Waals surface area contributed by atoms with Gasteiger partial charge in [-0.1, -0.05) is 0 Å². The van der Waals surface area contributed by atoms with E-state index in [1.165, 1.54) is 25.7 Å². The van der Waals surface area contributed by atoms with E-state index in [0.29, 0.717) is 11.5 Å². The minimum Gasteiger partial charge on any atom is -0.352 e. The Bertz CT molecular complexity index is 509. The van der Waals surface area contributed by atoms with Crippen molar-refractivity contribution in [3.05, 3.63) is 11.9 Å². The Labute approximate surface area is 121 Å². The molecule has 4 bridgehead atoms. The molecule has 3 heteroatoms. The topological polar surface area (TPSA) is 29.9 Å². The van der Waals surface area contributed by atoms with Gasteiger partial charge in [0.2, 0.25) is 5.95 Å². The number of hydrogen-bond donors (Lipinski definition) is 1. The highest BCUT2D eigenvalue weighted by atomic mass is 15.2. The highest BCUT2D eigenvalue weighted by Crippen LogP contribution is 2.62. The molecule has 4 aliphatic carbocycles. The molecule has 3 nitrogen and oxygen atoms in total. The lowest BCUT2D eigenvalue weighted by atomic mass is 9.47. The van der Waals surface area contributed by atoms with Gasteiger partial charge in [-0.3, -0.25) is 0 Å². The van der Waals surface area contributed by atoms with Crippen molar-refractivity contribution in [2.45, 2.75) is 64.5 Å². The van der Waals surface area contributed by atoms with E-state index in [4.69, 9.17) is 0 Å². The maximum atomic E-state index is 4.68. The Morgan fingerprint density at radius 2 is 1.80 bits per heavy atom. The van der Waals surface area contributed by atoms with Gasteiger partial charge in [0.1, 0.15) is 0 Å². The van der Waals surface area contributed by atoms with Gasteiger partial charge < -0.3 is 9.88 Å². The molecule has 1 aromatic heterocycles. The van der Waals surface area contributed by atoms with Gasteiger partial charge >= 0.3 is 0 Å². The second-order valence-electron chi connectivity index (χ2n) is 8.16. The molecule has 108 valence electrons. The lowest BCUT2D eigenvalue weighted by Crippen LogP contribution is -2.55. The quantitative estimate of drug-likeness (QED) is 0.846. The average molecular weight is 271 g/mol. The van der Waals surface area contributed by atoms with Crippen molar-refractivity contribution in [3.63, 3.8) is 0 Å². The van der Waals surface area contributed by atoms with E-state index >= 15 is 0 Å². The summed E-state index contributed by atoms with van der Waals surface area (Å²) in [6.45, 7) is 3.27. The smallest absolute Gasteiger partial charge is 0.203 e. The highest BCUT2D eigenvalue weighted by Gasteiger charge is 2.54. The predicted molar refractivity (Wildman–Crippen MR) is 79.6 cm³/mol. The molecule has 1 atom stereocenters. The van der Waals surface area contributed by atoms with Gasteiger partial charge in [0.25, 0.3) is 0 Å². The Kier molecular flexibility index (Phi) is 2.22. The van der Waals surface area contributed by atoms with Crippen LogP contribution in [0.4, 0.5) is 5.95 Å². The molecule has 6 rings (SSSR count). The lowest BCUT2D eigenvalue weighted by molar-refractivity contribution is -0.0659. The molecule has 4 saturated carbocycles. The van der Waals surface area contributed by atoms with Crippen molar-refractivity contribution < 1.29 is 0 Å². The number of nitrogens with one attached hydrogen (secondary N) is 1. The summed E-state index contributed by atoms with van der Waals surface area (Å²) in [5.41, 5.74) is 1.76. The maximum Gasteiger partial charge on any atom is 0.203 e. The Morgan fingerprint density at radius 1 is 1.15 bits per heavy atom. The normalized spacial score (nSPS) is 45.2. The minimum atomic E-state index is 0.611. The first-order valence-corrected chi connectivity index (χ1v) is 8.50. The van der Waals surface area contributed by atoms with Crippen molar-refractivity contribution in [2.75, 3.05) is 5.32 Å². The molecule has 1 unspecified atom stereocenters. The summed E-state index contributed by atoms with van der Waals surface area (Å²) < 4.78 is 2.31. The predicted octanol–water partition coefficient (Wildman–Crippen LogP) is 3.59. The Balaban J connectivity index is 1.46. The Morgan fingerprint density at radius 3 is 2.45 bits per heavy atom. The molecule has 1 N–H and O–H groups in total. The number of rotatable bonds is 1. The summed E-state index contributed by atoms with van der Waals surface area (Å²) in [6, 6.07) is 0.685. The fraction of sp³-hybridized carbons (Fsp3) is 0.824. The summed E-state index contributed by atoms with van der Waals surface area (Å²) >= 11 is 0. The van der Waals surface area contributed by atoms with E-state index in [-0.39, 0.29) is 0 Å². The third-order valence-electron chi connectivity index (χ3n) is 6.68. The van der Waals surface area contributed by atoms with Crippen molar-refractivity contribution >= 4 is 5.95 Å². The van der Waals surface area contributed by atoms with Gasteiger partial charge in [0, 0.05) is 18.8 Å². The molecule has 0 radical (unpaired) electrons. The first-order chi connectivity index (χ1) is 9.70. The zero-order chi connectivity index (χ0) is 13.3. The van der Waals surface area contributed by atoms with Gasteiger partial charge in [-0.15, -0.1) is 0 Å². The molecule has 0 aromatic carbocycles. The van der Waals surface area contributed by atoms with Crippen LogP contribution in [0, 0.1) is 30.1 Å². The van der Waals surface area contributed by atoms with Crippen LogP contribution in [-0.4, -0.2) is 15.6 Å². The molecular weight excluding hydrogens is 246 g/mol. The van der Waals surface area contributed by atoms with E-state index < -0.39 is 0 Å². The van der Waals surface area contributed by atoms with Crippen LogP contribution >= 0.6 is 0 Å². The zero-order valence-corrected chi connectivity index (χ0v) is 12.4. The molecule has 0 saturated heterocycles. The summed E-state index contributed by atoms with van der Waals surface area (Å²) in [5, 5.41) is 3.83. The molecule has 20 heavy (non-hydrogen) atoms. The van der Waals surface area contributed by atoms with Crippen molar-refractivity contribution in [3.8, 4) is 0 Å². The average Bonchev–Trinajstić information content (AvgIpc) is 2.76. The first kappa shape index (κ1) is 11.6. The van der Waals surface area contributed by atoms with Crippen LogP contribution in [0.1, 0.15) is 50.6 Å². The van der Waals surface area contributed by atoms with E-state index in [0.717, 1.165) is 35.9 Å². The van der Waals surface area contributed by atoms with Gasteiger partial charge in [-0.25, -0.2) is 4.98 Å². The monoisotopic (exact) mass is 271 g/mol. The lowest BCUT2D eigenvalue weighted by Gasteiger charge is -2.60. The standard InChI is InChI=1S/C17H25N3/c1-11-10-20-3-2-15(19-16(20)18-11)17-7-12-4-13(8-17)6-14(5-12)9-17/h10,12-15H,2-9H2,1H3,(H,18,19). The fourth-order valence-corrected chi connectivity index (χ4v) is 6.39. The van der Waals surface area contributed by atoms with E-state index in [1.807, 2.05) is 0 Å². The van der Waals surface area contributed by atoms with Crippen molar-refractivity contribution in [1.82, 2.24) is 9.55 Å². The summed E-state index contributed by atoms with van der Waals surface area (Å²) in [5.74, 6) is 4.28. The van der Waals surface area contributed by atoms with Crippen molar-refractivity contribution in [2.24, 2.45) is 23.2 Å². The van der Waals surface area contributed by atoms with Gasteiger partial charge in [-0.05, 0) is 75.0 Å². The number of aromatic nitrogens is 2. The number of fused-ring (bicyclic) bond motifs is 1. The van der Waals surface area contributed by atoms with Crippen LogP contribution in [0.15, 0.2) is 6.20 Å². The number of aryl methyl sites for hydroxylation is 2. The van der Waals surface area contributed by atoms with Gasteiger partial charge in [0.15, 0.2) is 0 Å². The van der Waals surface area contributed by atoms with Crippen LogP contribution in [0.25, 0.3) is 0 Å². The third kappa shape index (κ3) is 1.55. The fourth-order valence-electron chi connectivity index (χ4n) is 6.39. The number of anilines is 1. The van der Waals surface area contributed by atoms with Gasteiger partial charge in [0.05, 0.1) is 5.69 Å². The van der Waals surface area contributed by atoms with E-state index in [2.05, 4.69) is 28.0 Å². The summed E-state index contributed by atoms with van der Waals surface area (Å²) in [6.07, 6.45) is 12.6. The van der Waals surface area contributed by atoms with Gasteiger partial charge in [-0.2, -0.15) is 0 Å². The molecular formula is C17H25N3. The molecule has 2 heterocycles. The Hall–Kier alpha value is -0.990. The molecule has 5 aliphatic rings. The number of hydrogen-bond acceptors (Lipinski definition) is 2. The third-order valence-corrected chi connectivity index (χ3v) is 6.68. The van der Waals surface area contributed by atoms with Crippen LogP contribution in [0.3, 0.4) is 0 Å². The van der Waals surface area contributed by atoms with E-state index in [9.17, 15) is 0 Å². The number of imidazole rings is 1. The maximum absolute atomic E-state index is 4.68. The molecule has 0 amide bonds. The zero-order valence-electron chi connectivity index (χ0n) is 12.4. The van der Waals surface area contributed by atoms with Crippen LogP contribution in [0.5, 0.6) is 0 Å². The van der Waals surface area contributed by atoms with Crippen LogP contribution < -0.4 is 5.32 Å². The summed E-state index contributed by atoms with van der Waals surface area (Å²) in [7, 11) is 0. The molecule has 1 aliphatic heterocycles. The van der Waals surface area contributed by atoms with Crippen LogP contribution in [0.2, 0.25) is 0 Å². The minimum absolute atomic E-state index is 0.611. The largest absolute Gasteiger partial charge is 0.352 e. The van der Waals surface area contributed by atoms with E-state index in [1.54, 1.807) is 19.3 Å². The van der Waals surface area contributed by atoms with Crippen LogP contribution in [-0.2, 0) is 6.54 Å². The first-order valence-electron chi connectivity index (χ1n) is 8.50. The summed E-state index contributed by atoms with van der Waals surface area (Å²) in [4.78, 5) is 4.68. The molecule has 1 aromatic rings. The van der Waals surface area contributed by atoms with Crippen molar-refractivity contribution in [1.29, 1.82) is 0 Å². The molecule has 4 fully saturated rings. The number of nitrogens with zero attached hydrogens (tertiary/aromatic N) is 2. The molecule has 0 spiro atoms.